The summed E-state index contributed by atoms with van der Waals surface area (Å²) in [6.07, 6.45) is 7.67. The third-order valence-electron chi connectivity index (χ3n) is 3.41. The van der Waals surface area contributed by atoms with Gasteiger partial charge in [0.15, 0.2) is 0 Å². The summed E-state index contributed by atoms with van der Waals surface area (Å²) in [5, 5.41) is 1.13. The number of aryl methyl sites for hydroxylation is 1. The average Bonchev–Trinajstić information content (AvgIpc) is 3.04. The molecule has 0 fully saturated rings. The van der Waals surface area contributed by atoms with Crippen LogP contribution < -0.4 is 5.73 Å². The van der Waals surface area contributed by atoms with E-state index >= 15 is 0 Å². The Morgan fingerprint density at radius 2 is 2.21 bits per heavy atom. The van der Waals surface area contributed by atoms with Crippen LogP contribution in [0.5, 0.6) is 0 Å². The maximum absolute atomic E-state index is 5.80. The lowest BCUT2D eigenvalue weighted by Crippen LogP contribution is -2.05. The highest BCUT2D eigenvalue weighted by molar-refractivity contribution is 5.80. The number of pyridine rings is 1. The van der Waals surface area contributed by atoms with Crippen molar-refractivity contribution in [3.8, 4) is 0 Å². The average molecular weight is 255 g/mol. The van der Waals surface area contributed by atoms with E-state index in [1.54, 1.807) is 0 Å². The lowest BCUT2D eigenvalue weighted by molar-refractivity contribution is 0.675. The lowest BCUT2D eigenvalue weighted by Gasteiger charge is -2.07. The van der Waals surface area contributed by atoms with Crippen LogP contribution in [0.3, 0.4) is 0 Å². The molecule has 3 rings (SSSR count). The molecule has 0 aliphatic rings. The molecule has 0 saturated carbocycles. The van der Waals surface area contributed by atoms with Crippen molar-refractivity contribution in [2.75, 3.05) is 0 Å². The first kappa shape index (κ1) is 11.9. The Labute approximate surface area is 111 Å². The molecule has 5 nitrogen and oxygen atoms in total. The second-order valence-electron chi connectivity index (χ2n) is 4.53. The maximum atomic E-state index is 5.80. The summed E-state index contributed by atoms with van der Waals surface area (Å²) in [4.78, 5) is 8.66. The van der Waals surface area contributed by atoms with E-state index in [1.807, 2.05) is 24.8 Å². The van der Waals surface area contributed by atoms with Crippen LogP contribution in [0.25, 0.3) is 11.0 Å². The van der Waals surface area contributed by atoms with Crippen molar-refractivity contribution in [3.05, 3.63) is 48.3 Å². The van der Waals surface area contributed by atoms with Gasteiger partial charge in [0.05, 0.1) is 18.6 Å². The van der Waals surface area contributed by atoms with E-state index in [-0.39, 0.29) is 0 Å². The van der Waals surface area contributed by atoms with Gasteiger partial charge in [-0.05, 0) is 24.6 Å². The number of hydrogen-bond acceptors (Lipinski definition) is 3. The fourth-order valence-electron chi connectivity index (χ4n) is 2.42. The summed E-state index contributed by atoms with van der Waals surface area (Å²) >= 11 is 0. The number of hydrogen-bond donors (Lipinski definition) is 1. The molecular weight excluding hydrogens is 238 g/mol. The van der Waals surface area contributed by atoms with Crippen molar-refractivity contribution in [2.45, 2.75) is 26.6 Å². The fourth-order valence-corrected chi connectivity index (χ4v) is 2.42. The van der Waals surface area contributed by atoms with Crippen molar-refractivity contribution < 1.29 is 0 Å². The predicted molar refractivity (Wildman–Crippen MR) is 74.6 cm³/mol. The van der Waals surface area contributed by atoms with Crippen molar-refractivity contribution in [1.29, 1.82) is 0 Å². The molecule has 0 amide bonds. The quantitative estimate of drug-likeness (QED) is 0.772. The summed E-state index contributed by atoms with van der Waals surface area (Å²) in [7, 11) is 0. The monoisotopic (exact) mass is 255 g/mol. The molecule has 5 heteroatoms. The number of imidazole rings is 1. The molecule has 0 aliphatic carbocycles. The van der Waals surface area contributed by atoms with Gasteiger partial charge in [-0.1, -0.05) is 0 Å². The van der Waals surface area contributed by atoms with Crippen LogP contribution in [0, 0.1) is 0 Å². The number of nitrogens with two attached hydrogens (primary N) is 1. The number of aromatic nitrogens is 4. The molecule has 3 aromatic heterocycles. The van der Waals surface area contributed by atoms with Gasteiger partial charge >= 0.3 is 0 Å². The lowest BCUT2D eigenvalue weighted by atomic mass is 10.2. The van der Waals surface area contributed by atoms with Gasteiger partial charge in [0.1, 0.15) is 5.65 Å². The summed E-state index contributed by atoms with van der Waals surface area (Å²) in [5.41, 5.74) is 9.08. The minimum Gasteiger partial charge on any atom is -0.333 e. The second-order valence-corrected chi connectivity index (χ2v) is 4.53. The van der Waals surface area contributed by atoms with Crippen LogP contribution in [-0.2, 0) is 19.6 Å². The molecule has 0 atom stereocenters. The molecule has 0 aliphatic heterocycles. The van der Waals surface area contributed by atoms with E-state index in [9.17, 15) is 0 Å². The van der Waals surface area contributed by atoms with E-state index in [0.717, 1.165) is 29.7 Å². The number of nitrogens with zero attached hydrogens (tertiary/aromatic N) is 4. The Morgan fingerprint density at radius 1 is 1.32 bits per heavy atom. The van der Waals surface area contributed by atoms with Gasteiger partial charge in [-0.2, -0.15) is 0 Å². The minimum absolute atomic E-state index is 0.530. The Morgan fingerprint density at radius 3 is 3.00 bits per heavy atom. The highest BCUT2D eigenvalue weighted by Crippen LogP contribution is 2.20. The SMILES string of the molecule is CCn1cncc1Cn1cc(CN)c2cccnc21. The molecule has 0 saturated heterocycles. The van der Waals surface area contributed by atoms with Crippen molar-refractivity contribution in [1.82, 2.24) is 19.1 Å². The first-order valence-electron chi connectivity index (χ1n) is 6.45. The largest absolute Gasteiger partial charge is 0.333 e. The zero-order valence-corrected chi connectivity index (χ0v) is 11.0. The molecule has 2 N–H and O–H groups in total. The first-order chi connectivity index (χ1) is 9.33. The molecule has 19 heavy (non-hydrogen) atoms. The minimum atomic E-state index is 0.530. The summed E-state index contributed by atoms with van der Waals surface area (Å²) in [6.45, 7) is 4.33. The molecular formula is C14H17N5. The second kappa shape index (κ2) is 4.85. The summed E-state index contributed by atoms with van der Waals surface area (Å²) < 4.78 is 4.28. The van der Waals surface area contributed by atoms with Gasteiger partial charge in [0, 0.05) is 37.1 Å². The third-order valence-corrected chi connectivity index (χ3v) is 3.41. The summed E-state index contributed by atoms with van der Waals surface area (Å²) in [6, 6.07) is 4.01. The molecule has 0 unspecified atom stereocenters. The highest BCUT2D eigenvalue weighted by atomic mass is 15.1. The zero-order chi connectivity index (χ0) is 13.2. The van der Waals surface area contributed by atoms with Crippen molar-refractivity contribution in [3.63, 3.8) is 0 Å². The van der Waals surface area contributed by atoms with E-state index in [1.165, 1.54) is 5.69 Å². The van der Waals surface area contributed by atoms with E-state index in [4.69, 9.17) is 5.73 Å². The van der Waals surface area contributed by atoms with Gasteiger partial charge in [-0.25, -0.2) is 9.97 Å². The van der Waals surface area contributed by atoms with Crippen LogP contribution in [0.15, 0.2) is 37.1 Å². The topological polar surface area (TPSA) is 61.7 Å². The van der Waals surface area contributed by atoms with Crippen LogP contribution in [0.4, 0.5) is 0 Å². The maximum Gasteiger partial charge on any atom is 0.140 e. The van der Waals surface area contributed by atoms with Gasteiger partial charge in [-0.3, -0.25) is 0 Å². The Bertz CT molecular complexity index is 695. The predicted octanol–water partition coefficient (Wildman–Crippen LogP) is 1.76. The Kier molecular flexibility index (Phi) is 3.05. The molecule has 3 aromatic rings. The standard InChI is InChI=1S/C14H17N5/c1-2-18-10-16-7-12(18)9-19-8-11(6-15)13-4-3-5-17-14(13)19/h3-5,7-8,10H,2,6,9,15H2,1H3. The molecule has 0 radical (unpaired) electrons. The van der Waals surface area contributed by atoms with Crippen LogP contribution in [-0.4, -0.2) is 19.1 Å². The summed E-state index contributed by atoms with van der Waals surface area (Å²) in [5.74, 6) is 0. The molecule has 98 valence electrons. The first-order valence-corrected chi connectivity index (χ1v) is 6.45. The van der Waals surface area contributed by atoms with Crippen molar-refractivity contribution >= 4 is 11.0 Å². The highest BCUT2D eigenvalue weighted by Gasteiger charge is 2.10. The number of rotatable bonds is 4. The van der Waals surface area contributed by atoms with Gasteiger partial charge in [0.25, 0.3) is 0 Å². The fraction of sp³-hybridized carbons (Fsp3) is 0.286. The Hall–Kier alpha value is -2.14. The van der Waals surface area contributed by atoms with E-state index < -0.39 is 0 Å². The van der Waals surface area contributed by atoms with E-state index in [2.05, 4.69) is 38.3 Å². The normalized spacial score (nSPS) is 11.3. The Balaban J connectivity index is 2.06. The van der Waals surface area contributed by atoms with Gasteiger partial charge in [-0.15, -0.1) is 0 Å². The van der Waals surface area contributed by atoms with Gasteiger partial charge < -0.3 is 14.9 Å². The molecule has 0 spiro atoms. The third kappa shape index (κ3) is 2.02. The van der Waals surface area contributed by atoms with Crippen LogP contribution >= 0.6 is 0 Å². The zero-order valence-electron chi connectivity index (χ0n) is 11.0. The number of fused-ring (bicyclic) bond motifs is 1. The van der Waals surface area contributed by atoms with Crippen LogP contribution in [0.1, 0.15) is 18.2 Å². The smallest absolute Gasteiger partial charge is 0.140 e. The van der Waals surface area contributed by atoms with Gasteiger partial charge in [0.2, 0.25) is 0 Å². The van der Waals surface area contributed by atoms with E-state index in [0.29, 0.717) is 6.54 Å². The molecule has 0 aromatic carbocycles. The van der Waals surface area contributed by atoms with Crippen LogP contribution in [0.2, 0.25) is 0 Å². The molecule has 0 bridgehead atoms. The van der Waals surface area contributed by atoms with Crippen molar-refractivity contribution in [2.24, 2.45) is 5.73 Å². The molecule has 3 heterocycles.